The van der Waals surface area contributed by atoms with E-state index in [1.54, 1.807) is 0 Å². The maximum atomic E-state index is 5.33. The van der Waals surface area contributed by atoms with Crippen LogP contribution in [0.5, 0.6) is 0 Å². The Morgan fingerprint density at radius 3 is 2.88 bits per heavy atom. The molecule has 0 spiro atoms. The van der Waals surface area contributed by atoms with Crippen LogP contribution >= 0.6 is 0 Å². The minimum absolute atomic E-state index is 0.767. The fourth-order valence-corrected chi connectivity index (χ4v) is 2.22. The van der Waals surface area contributed by atoms with Crippen LogP contribution in [0.1, 0.15) is 11.3 Å². The zero-order valence-electron chi connectivity index (χ0n) is 10.0. The Kier molecular flexibility index (Phi) is 2.92. The zero-order chi connectivity index (χ0) is 11.7. The van der Waals surface area contributed by atoms with Gasteiger partial charge in [0.2, 0.25) is 5.95 Å². The monoisotopic (exact) mass is 235 g/mol. The number of morpholine rings is 1. The Balaban J connectivity index is 1.80. The second-order valence-corrected chi connectivity index (χ2v) is 4.32. The standard InChI is InChI=1S/C11H17N5O/c1-12-16-7-9-6-13-11(14-10(9)8-16)15-2-4-17-5-3-15/h6,12H,2-5,7-8H2,1H3. The van der Waals surface area contributed by atoms with Gasteiger partial charge in [0, 0.05) is 31.4 Å². The van der Waals surface area contributed by atoms with Crippen LogP contribution in [0.3, 0.4) is 0 Å². The quantitative estimate of drug-likeness (QED) is 0.764. The molecule has 92 valence electrons. The van der Waals surface area contributed by atoms with Gasteiger partial charge in [0.15, 0.2) is 0 Å². The van der Waals surface area contributed by atoms with E-state index < -0.39 is 0 Å². The molecule has 0 atom stereocenters. The van der Waals surface area contributed by atoms with Crippen LogP contribution in [0, 0.1) is 0 Å². The van der Waals surface area contributed by atoms with Crippen LogP contribution in [0.15, 0.2) is 6.20 Å². The van der Waals surface area contributed by atoms with Crippen LogP contribution in [0.2, 0.25) is 0 Å². The van der Waals surface area contributed by atoms with Crippen molar-refractivity contribution in [3.8, 4) is 0 Å². The van der Waals surface area contributed by atoms with Gasteiger partial charge in [-0.1, -0.05) is 0 Å². The van der Waals surface area contributed by atoms with E-state index in [2.05, 4.69) is 25.3 Å². The Morgan fingerprint density at radius 2 is 2.12 bits per heavy atom. The van der Waals surface area contributed by atoms with Crippen molar-refractivity contribution in [3.63, 3.8) is 0 Å². The van der Waals surface area contributed by atoms with Gasteiger partial charge in [-0.05, 0) is 7.05 Å². The number of nitrogens with zero attached hydrogens (tertiary/aromatic N) is 4. The minimum Gasteiger partial charge on any atom is -0.378 e. The molecule has 1 saturated heterocycles. The number of fused-ring (bicyclic) bond motifs is 1. The summed E-state index contributed by atoms with van der Waals surface area (Å²) in [6.45, 7) is 5.04. The average molecular weight is 235 g/mol. The molecule has 1 aromatic heterocycles. The van der Waals surface area contributed by atoms with E-state index in [1.165, 1.54) is 5.56 Å². The highest BCUT2D eigenvalue weighted by atomic mass is 16.5. The van der Waals surface area contributed by atoms with Crippen LogP contribution in [-0.2, 0) is 17.8 Å². The van der Waals surface area contributed by atoms with Gasteiger partial charge in [-0.3, -0.25) is 5.43 Å². The molecule has 0 saturated carbocycles. The summed E-state index contributed by atoms with van der Waals surface area (Å²) in [4.78, 5) is 11.3. The molecule has 17 heavy (non-hydrogen) atoms. The van der Waals surface area contributed by atoms with Crippen molar-refractivity contribution < 1.29 is 4.74 Å². The molecule has 2 aliphatic heterocycles. The first-order valence-corrected chi connectivity index (χ1v) is 5.96. The number of ether oxygens (including phenoxy) is 1. The molecule has 1 fully saturated rings. The smallest absolute Gasteiger partial charge is 0.225 e. The van der Waals surface area contributed by atoms with E-state index in [1.807, 2.05) is 13.2 Å². The lowest BCUT2D eigenvalue weighted by molar-refractivity contribution is 0.122. The maximum Gasteiger partial charge on any atom is 0.225 e. The lowest BCUT2D eigenvalue weighted by Gasteiger charge is -2.26. The molecule has 0 bridgehead atoms. The molecule has 2 aliphatic rings. The van der Waals surface area contributed by atoms with Gasteiger partial charge in [-0.25, -0.2) is 15.0 Å². The number of hydrazine groups is 1. The van der Waals surface area contributed by atoms with E-state index >= 15 is 0 Å². The molecule has 1 aromatic rings. The number of nitrogens with one attached hydrogen (secondary N) is 1. The van der Waals surface area contributed by atoms with Gasteiger partial charge in [0.1, 0.15) is 0 Å². The van der Waals surface area contributed by atoms with Crippen LogP contribution in [0.25, 0.3) is 0 Å². The van der Waals surface area contributed by atoms with Crippen molar-refractivity contribution in [1.29, 1.82) is 0 Å². The summed E-state index contributed by atoms with van der Waals surface area (Å²) < 4.78 is 5.33. The molecule has 3 heterocycles. The van der Waals surface area contributed by atoms with Crippen LogP contribution < -0.4 is 10.3 Å². The van der Waals surface area contributed by atoms with Crippen LogP contribution in [0.4, 0.5) is 5.95 Å². The Labute approximate surface area is 101 Å². The third-order valence-electron chi connectivity index (χ3n) is 3.25. The molecule has 0 radical (unpaired) electrons. The molecule has 3 rings (SSSR count). The normalized spacial score (nSPS) is 20.6. The largest absolute Gasteiger partial charge is 0.378 e. The first kappa shape index (κ1) is 10.9. The lowest BCUT2D eigenvalue weighted by Crippen LogP contribution is -2.37. The molecule has 0 aromatic carbocycles. The molecule has 1 N–H and O–H groups in total. The minimum atomic E-state index is 0.767. The summed E-state index contributed by atoms with van der Waals surface area (Å²) in [5.41, 5.74) is 5.50. The summed E-state index contributed by atoms with van der Waals surface area (Å²) in [5, 5.41) is 2.13. The predicted molar refractivity (Wildman–Crippen MR) is 63.4 cm³/mol. The van der Waals surface area contributed by atoms with E-state index in [9.17, 15) is 0 Å². The molecule has 0 unspecified atom stereocenters. The van der Waals surface area contributed by atoms with E-state index in [0.717, 1.165) is 51.0 Å². The van der Waals surface area contributed by atoms with Gasteiger partial charge < -0.3 is 9.64 Å². The Bertz CT molecular complexity index is 405. The second-order valence-electron chi connectivity index (χ2n) is 4.32. The number of hydrogen-bond donors (Lipinski definition) is 1. The third kappa shape index (κ3) is 2.11. The number of rotatable bonds is 2. The fourth-order valence-electron chi connectivity index (χ4n) is 2.22. The van der Waals surface area contributed by atoms with Crippen molar-refractivity contribution in [2.45, 2.75) is 13.1 Å². The van der Waals surface area contributed by atoms with E-state index in [0.29, 0.717) is 0 Å². The summed E-state index contributed by atoms with van der Waals surface area (Å²) in [5.74, 6) is 0.838. The van der Waals surface area contributed by atoms with Gasteiger partial charge >= 0.3 is 0 Å². The molecule has 0 aliphatic carbocycles. The van der Waals surface area contributed by atoms with Crippen molar-refractivity contribution in [3.05, 3.63) is 17.5 Å². The zero-order valence-corrected chi connectivity index (χ0v) is 10.0. The molecular weight excluding hydrogens is 218 g/mol. The number of anilines is 1. The van der Waals surface area contributed by atoms with E-state index in [-0.39, 0.29) is 0 Å². The SMILES string of the molecule is CNN1Cc2cnc(N3CCOCC3)nc2C1. The van der Waals surface area contributed by atoms with Gasteiger partial charge in [0.25, 0.3) is 0 Å². The first-order valence-electron chi connectivity index (χ1n) is 5.96. The Morgan fingerprint density at radius 1 is 1.29 bits per heavy atom. The van der Waals surface area contributed by atoms with Gasteiger partial charge in [-0.2, -0.15) is 0 Å². The van der Waals surface area contributed by atoms with Crippen LogP contribution in [-0.4, -0.2) is 48.3 Å². The Hall–Kier alpha value is -1.24. The summed E-state index contributed by atoms with van der Waals surface area (Å²) in [6, 6.07) is 0. The van der Waals surface area contributed by atoms with Gasteiger partial charge in [-0.15, -0.1) is 0 Å². The number of aromatic nitrogens is 2. The van der Waals surface area contributed by atoms with Crippen molar-refractivity contribution >= 4 is 5.95 Å². The molecular formula is C11H17N5O. The highest BCUT2D eigenvalue weighted by Gasteiger charge is 2.22. The third-order valence-corrected chi connectivity index (χ3v) is 3.25. The van der Waals surface area contributed by atoms with Gasteiger partial charge in [0.05, 0.1) is 25.5 Å². The van der Waals surface area contributed by atoms with Crippen molar-refractivity contribution in [1.82, 2.24) is 20.4 Å². The molecule has 0 amide bonds. The highest BCUT2D eigenvalue weighted by molar-refractivity contribution is 5.34. The maximum absolute atomic E-state index is 5.33. The topological polar surface area (TPSA) is 53.5 Å². The summed E-state index contributed by atoms with van der Waals surface area (Å²) in [7, 11) is 1.93. The fraction of sp³-hybridized carbons (Fsp3) is 0.636. The first-order chi connectivity index (χ1) is 8.36. The second kappa shape index (κ2) is 4.56. The summed E-state index contributed by atoms with van der Waals surface area (Å²) >= 11 is 0. The molecule has 6 nitrogen and oxygen atoms in total. The molecule has 6 heteroatoms. The average Bonchev–Trinajstić information content (AvgIpc) is 2.81. The lowest BCUT2D eigenvalue weighted by atomic mass is 10.3. The van der Waals surface area contributed by atoms with Crippen molar-refractivity contribution in [2.75, 3.05) is 38.3 Å². The highest BCUT2D eigenvalue weighted by Crippen LogP contribution is 2.20. The predicted octanol–water partition coefficient (Wildman–Crippen LogP) is -0.237. The summed E-state index contributed by atoms with van der Waals surface area (Å²) in [6.07, 6.45) is 1.95. The van der Waals surface area contributed by atoms with Crippen molar-refractivity contribution in [2.24, 2.45) is 0 Å². The number of hydrogen-bond acceptors (Lipinski definition) is 6. The van der Waals surface area contributed by atoms with E-state index in [4.69, 9.17) is 4.74 Å².